The molecule has 7 nitrogen and oxygen atoms in total. The molecule has 21 heavy (non-hydrogen) atoms. The smallest absolute Gasteiger partial charge is 0.237 e. The first kappa shape index (κ1) is 16.0. The van der Waals surface area contributed by atoms with E-state index in [4.69, 9.17) is 15.7 Å². The number of likely N-dealkylation sites (tertiary alicyclic amines) is 1. The van der Waals surface area contributed by atoms with Crippen molar-refractivity contribution in [1.82, 2.24) is 9.80 Å². The standard InChI is InChI=1S/C14H26N4O3/c1-17(2)10-11-4-3-7-18(11)13(19)14(12(15)16-20)5-8-21-9-6-14/h11,20H,3-10H2,1-2H3,(H2,15,16). The summed E-state index contributed by atoms with van der Waals surface area (Å²) in [6.07, 6.45) is 2.97. The van der Waals surface area contributed by atoms with Crippen LogP contribution in [0.2, 0.25) is 0 Å². The van der Waals surface area contributed by atoms with Crippen molar-refractivity contribution in [2.75, 3.05) is 40.4 Å². The molecule has 0 radical (unpaired) electrons. The molecular formula is C14H26N4O3. The van der Waals surface area contributed by atoms with Crippen molar-refractivity contribution >= 4 is 11.7 Å². The second-order valence-electron chi connectivity index (χ2n) is 6.24. The van der Waals surface area contributed by atoms with Gasteiger partial charge in [0.15, 0.2) is 5.84 Å². The number of carbonyl (C=O) groups is 1. The zero-order valence-electron chi connectivity index (χ0n) is 12.9. The lowest BCUT2D eigenvalue weighted by molar-refractivity contribution is -0.143. The first-order valence-corrected chi connectivity index (χ1v) is 7.53. The third kappa shape index (κ3) is 3.13. The Morgan fingerprint density at radius 1 is 1.48 bits per heavy atom. The Morgan fingerprint density at radius 3 is 2.71 bits per heavy atom. The number of likely N-dealkylation sites (N-methyl/N-ethyl adjacent to an activating group) is 1. The maximum absolute atomic E-state index is 13.1. The van der Waals surface area contributed by atoms with E-state index in [1.807, 2.05) is 19.0 Å². The van der Waals surface area contributed by atoms with E-state index < -0.39 is 5.41 Å². The molecule has 1 amide bonds. The van der Waals surface area contributed by atoms with Crippen LogP contribution in [0.1, 0.15) is 25.7 Å². The van der Waals surface area contributed by atoms with Gasteiger partial charge in [-0.3, -0.25) is 4.79 Å². The fourth-order valence-corrected chi connectivity index (χ4v) is 3.38. The molecule has 0 aromatic heterocycles. The van der Waals surface area contributed by atoms with Crippen molar-refractivity contribution < 1.29 is 14.7 Å². The van der Waals surface area contributed by atoms with Crippen LogP contribution in [0, 0.1) is 5.41 Å². The highest BCUT2D eigenvalue weighted by atomic mass is 16.5. The molecule has 2 saturated heterocycles. The van der Waals surface area contributed by atoms with Crippen LogP contribution in [0.4, 0.5) is 0 Å². The molecule has 0 aromatic rings. The van der Waals surface area contributed by atoms with Crippen LogP contribution in [-0.4, -0.2) is 73.2 Å². The fraction of sp³-hybridized carbons (Fsp3) is 0.857. The highest BCUT2D eigenvalue weighted by molar-refractivity contribution is 6.07. The molecule has 1 unspecified atom stereocenters. The topological polar surface area (TPSA) is 91.4 Å². The zero-order valence-corrected chi connectivity index (χ0v) is 12.9. The number of carbonyl (C=O) groups excluding carboxylic acids is 1. The molecule has 0 aromatic carbocycles. The Kier molecular flexibility index (Phi) is 5.05. The number of nitrogens with two attached hydrogens (primary N) is 1. The molecule has 3 N–H and O–H groups in total. The predicted octanol–water partition coefficient (Wildman–Crippen LogP) is 0.0822. The van der Waals surface area contributed by atoms with E-state index in [9.17, 15) is 4.79 Å². The first-order chi connectivity index (χ1) is 10.0. The summed E-state index contributed by atoms with van der Waals surface area (Å²) < 4.78 is 5.35. The number of hydrogen-bond donors (Lipinski definition) is 2. The van der Waals surface area contributed by atoms with E-state index in [0.717, 1.165) is 25.9 Å². The normalized spacial score (nSPS) is 26.3. The molecule has 2 aliphatic heterocycles. The van der Waals surface area contributed by atoms with Gasteiger partial charge in [-0.25, -0.2) is 0 Å². The summed E-state index contributed by atoms with van der Waals surface area (Å²) in [5, 5.41) is 12.2. The number of rotatable bonds is 4. The number of ether oxygens (including phenoxy) is 1. The lowest BCUT2D eigenvalue weighted by atomic mass is 9.77. The Hall–Kier alpha value is -1.34. The second kappa shape index (κ2) is 6.62. The summed E-state index contributed by atoms with van der Waals surface area (Å²) in [5.41, 5.74) is 4.98. The van der Waals surface area contributed by atoms with E-state index >= 15 is 0 Å². The van der Waals surface area contributed by atoms with Gasteiger partial charge in [-0.05, 0) is 39.8 Å². The molecule has 0 bridgehead atoms. The van der Waals surface area contributed by atoms with Gasteiger partial charge in [0.2, 0.25) is 5.91 Å². The van der Waals surface area contributed by atoms with Crippen LogP contribution in [0.25, 0.3) is 0 Å². The zero-order chi connectivity index (χ0) is 15.5. The third-order valence-electron chi connectivity index (χ3n) is 4.57. The van der Waals surface area contributed by atoms with Crippen LogP contribution >= 0.6 is 0 Å². The number of amides is 1. The van der Waals surface area contributed by atoms with Crippen LogP contribution < -0.4 is 5.73 Å². The van der Waals surface area contributed by atoms with E-state index in [2.05, 4.69) is 10.1 Å². The van der Waals surface area contributed by atoms with Gasteiger partial charge < -0.3 is 25.5 Å². The highest BCUT2D eigenvalue weighted by Gasteiger charge is 2.48. The lowest BCUT2D eigenvalue weighted by Crippen LogP contribution is -2.56. The van der Waals surface area contributed by atoms with Crippen molar-refractivity contribution in [2.45, 2.75) is 31.7 Å². The van der Waals surface area contributed by atoms with E-state index in [1.165, 1.54) is 0 Å². The van der Waals surface area contributed by atoms with Crippen LogP contribution in [0.3, 0.4) is 0 Å². The van der Waals surface area contributed by atoms with Crippen LogP contribution in [-0.2, 0) is 9.53 Å². The van der Waals surface area contributed by atoms with Crippen molar-refractivity contribution in [3.8, 4) is 0 Å². The largest absolute Gasteiger partial charge is 0.409 e. The molecule has 0 aliphatic carbocycles. The SMILES string of the molecule is CN(C)CC1CCCN1C(=O)C1(C(N)=NO)CCOCC1. The first-order valence-electron chi connectivity index (χ1n) is 7.53. The quantitative estimate of drug-likeness (QED) is 0.332. The van der Waals surface area contributed by atoms with Crippen LogP contribution in [0.15, 0.2) is 5.16 Å². The summed E-state index contributed by atoms with van der Waals surface area (Å²) >= 11 is 0. The minimum atomic E-state index is -0.901. The number of amidine groups is 1. The van der Waals surface area contributed by atoms with Crippen LogP contribution in [0.5, 0.6) is 0 Å². The monoisotopic (exact) mass is 298 g/mol. The molecule has 7 heteroatoms. The Balaban J connectivity index is 2.21. The average Bonchev–Trinajstić information content (AvgIpc) is 2.93. The van der Waals surface area contributed by atoms with Gasteiger partial charge in [0.25, 0.3) is 0 Å². The molecule has 1 atom stereocenters. The summed E-state index contributed by atoms with van der Waals surface area (Å²) in [5.74, 6) is 0.0109. The molecule has 120 valence electrons. The molecular weight excluding hydrogens is 272 g/mol. The Bertz CT molecular complexity index is 405. The summed E-state index contributed by atoms with van der Waals surface area (Å²) in [6.45, 7) is 2.52. The van der Waals surface area contributed by atoms with Gasteiger partial charge in [0.1, 0.15) is 5.41 Å². The van der Waals surface area contributed by atoms with Gasteiger partial charge >= 0.3 is 0 Å². The van der Waals surface area contributed by atoms with Crippen molar-refractivity contribution in [2.24, 2.45) is 16.3 Å². The second-order valence-corrected chi connectivity index (χ2v) is 6.24. The summed E-state index contributed by atoms with van der Waals surface area (Å²) in [7, 11) is 4.02. The van der Waals surface area contributed by atoms with Gasteiger partial charge in [-0.1, -0.05) is 5.16 Å². The molecule has 0 spiro atoms. The van der Waals surface area contributed by atoms with Gasteiger partial charge in [-0.2, -0.15) is 0 Å². The maximum Gasteiger partial charge on any atom is 0.237 e. The van der Waals surface area contributed by atoms with E-state index in [-0.39, 0.29) is 17.8 Å². The molecule has 2 heterocycles. The minimum Gasteiger partial charge on any atom is -0.409 e. The molecule has 2 aliphatic rings. The summed E-state index contributed by atoms with van der Waals surface area (Å²) in [4.78, 5) is 17.1. The van der Waals surface area contributed by atoms with E-state index in [1.54, 1.807) is 0 Å². The fourth-order valence-electron chi connectivity index (χ4n) is 3.38. The van der Waals surface area contributed by atoms with Crippen molar-refractivity contribution in [3.05, 3.63) is 0 Å². The molecule has 0 saturated carbocycles. The van der Waals surface area contributed by atoms with E-state index in [0.29, 0.717) is 26.1 Å². The van der Waals surface area contributed by atoms with Gasteiger partial charge in [0, 0.05) is 32.3 Å². The highest BCUT2D eigenvalue weighted by Crippen LogP contribution is 2.35. The van der Waals surface area contributed by atoms with Gasteiger partial charge in [-0.15, -0.1) is 0 Å². The molecule has 2 fully saturated rings. The number of hydrogen-bond acceptors (Lipinski definition) is 5. The van der Waals surface area contributed by atoms with Crippen molar-refractivity contribution in [1.29, 1.82) is 0 Å². The minimum absolute atomic E-state index is 0.00884. The Labute approximate surface area is 125 Å². The lowest BCUT2D eigenvalue weighted by Gasteiger charge is -2.39. The third-order valence-corrected chi connectivity index (χ3v) is 4.57. The van der Waals surface area contributed by atoms with Crippen molar-refractivity contribution in [3.63, 3.8) is 0 Å². The molecule has 2 rings (SSSR count). The van der Waals surface area contributed by atoms with Gasteiger partial charge in [0.05, 0.1) is 0 Å². The summed E-state index contributed by atoms with van der Waals surface area (Å²) in [6, 6.07) is 0.207. The number of nitrogens with zero attached hydrogens (tertiary/aromatic N) is 3. The maximum atomic E-state index is 13.1. The average molecular weight is 298 g/mol. The Morgan fingerprint density at radius 2 is 2.14 bits per heavy atom. The number of oxime groups is 1. The predicted molar refractivity (Wildman–Crippen MR) is 79.2 cm³/mol.